The highest BCUT2D eigenvalue weighted by Crippen LogP contribution is 2.37. The highest BCUT2D eigenvalue weighted by molar-refractivity contribution is 5.76. The lowest BCUT2D eigenvalue weighted by Gasteiger charge is -2.23. The molecule has 1 unspecified atom stereocenters. The summed E-state index contributed by atoms with van der Waals surface area (Å²) in [5.74, 6) is -0.519. The average Bonchev–Trinajstić information content (AvgIpc) is 2.61. The molecule has 2 N–H and O–H groups in total. The number of aromatic nitrogens is 1. The fourth-order valence-corrected chi connectivity index (χ4v) is 1.43. The molecule has 0 aliphatic rings. The molecule has 2 aromatic rings. The third-order valence-corrected chi connectivity index (χ3v) is 2.64. The van der Waals surface area contributed by atoms with Crippen LogP contribution in [-0.2, 0) is 5.54 Å². The van der Waals surface area contributed by atoms with Crippen LogP contribution >= 0.6 is 0 Å². The van der Waals surface area contributed by atoms with Crippen molar-refractivity contribution >= 4 is 11.1 Å². The van der Waals surface area contributed by atoms with Crippen LogP contribution in [-0.4, -0.2) is 11.2 Å². The van der Waals surface area contributed by atoms with E-state index in [-0.39, 0.29) is 0 Å². The number of oxazole rings is 1. The lowest BCUT2D eigenvalue weighted by atomic mass is 10.0. The Hall–Kier alpha value is -1.56. The van der Waals surface area contributed by atoms with Gasteiger partial charge in [-0.1, -0.05) is 12.1 Å². The Morgan fingerprint density at radius 3 is 2.47 bits per heavy atom. The number of para-hydroxylation sites is 1. The zero-order valence-corrected chi connectivity index (χ0v) is 9.30. The fourth-order valence-electron chi connectivity index (χ4n) is 1.43. The lowest BCUT2D eigenvalue weighted by Crippen LogP contribution is -2.47. The predicted octanol–water partition coefficient (Wildman–Crippen LogP) is 2.87. The molecule has 0 aliphatic heterocycles. The second-order valence-corrected chi connectivity index (χ2v) is 4.14. The van der Waals surface area contributed by atoms with Gasteiger partial charge >= 0.3 is 6.18 Å². The van der Waals surface area contributed by atoms with Crippen molar-refractivity contribution in [2.45, 2.75) is 25.6 Å². The normalized spacial score (nSPS) is 16.1. The first-order valence-corrected chi connectivity index (χ1v) is 4.96. The maximum absolute atomic E-state index is 12.7. The van der Waals surface area contributed by atoms with Gasteiger partial charge in [0.15, 0.2) is 11.1 Å². The minimum Gasteiger partial charge on any atom is -0.438 e. The highest BCUT2D eigenvalue weighted by Gasteiger charge is 2.53. The summed E-state index contributed by atoms with van der Waals surface area (Å²) < 4.78 is 43.3. The molecule has 6 heteroatoms. The van der Waals surface area contributed by atoms with Gasteiger partial charge in [0.1, 0.15) is 5.52 Å². The summed E-state index contributed by atoms with van der Waals surface area (Å²) in [7, 11) is 0. The van der Waals surface area contributed by atoms with Gasteiger partial charge < -0.3 is 10.2 Å². The summed E-state index contributed by atoms with van der Waals surface area (Å²) in [6.45, 7) is 2.58. The van der Waals surface area contributed by atoms with E-state index >= 15 is 0 Å². The predicted molar refractivity (Wildman–Crippen MR) is 56.3 cm³/mol. The van der Waals surface area contributed by atoms with Crippen molar-refractivity contribution in [3.05, 3.63) is 29.7 Å². The molecule has 0 saturated carbocycles. The van der Waals surface area contributed by atoms with Gasteiger partial charge in [-0.25, -0.2) is 4.98 Å². The number of nitrogens with two attached hydrogens (primary N) is 1. The molecule has 0 radical (unpaired) electrons. The summed E-state index contributed by atoms with van der Waals surface area (Å²) >= 11 is 0. The highest BCUT2D eigenvalue weighted by atomic mass is 19.4. The van der Waals surface area contributed by atoms with Crippen LogP contribution in [0, 0.1) is 6.92 Å². The SMILES string of the molecule is Cc1cccc2nc(C(C)(N)C(F)(F)F)oc12. The van der Waals surface area contributed by atoms with E-state index in [9.17, 15) is 13.2 Å². The van der Waals surface area contributed by atoms with Crippen LogP contribution in [0.1, 0.15) is 18.4 Å². The minimum atomic E-state index is -4.61. The van der Waals surface area contributed by atoms with Crippen molar-refractivity contribution in [1.82, 2.24) is 4.98 Å². The fraction of sp³-hybridized carbons (Fsp3) is 0.364. The van der Waals surface area contributed by atoms with Crippen molar-refractivity contribution in [2.24, 2.45) is 5.73 Å². The molecule has 0 amide bonds. The van der Waals surface area contributed by atoms with Gasteiger partial charge in [0.05, 0.1) is 0 Å². The van der Waals surface area contributed by atoms with Crippen LogP contribution in [0.25, 0.3) is 11.1 Å². The van der Waals surface area contributed by atoms with Gasteiger partial charge in [0.2, 0.25) is 5.89 Å². The van der Waals surface area contributed by atoms with E-state index in [4.69, 9.17) is 10.2 Å². The van der Waals surface area contributed by atoms with Gasteiger partial charge in [0, 0.05) is 0 Å². The first-order chi connectivity index (χ1) is 7.73. The largest absolute Gasteiger partial charge is 0.438 e. The van der Waals surface area contributed by atoms with E-state index in [1.807, 2.05) is 0 Å². The molecular weight excluding hydrogens is 233 g/mol. The Morgan fingerprint density at radius 2 is 1.94 bits per heavy atom. The van der Waals surface area contributed by atoms with Crippen LogP contribution in [0.3, 0.4) is 0 Å². The molecule has 3 nitrogen and oxygen atoms in total. The first kappa shape index (κ1) is 11.9. The second-order valence-electron chi connectivity index (χ2n) is 4.14. The van der Waals surface area contributed by atoms with E-state index in [0.29, 0.717) is 11.1 Å². The summed E-state index contributed by atoms with van der Waals surface area (Å²) in [5.41, 5.74) is 4.10. The van der Waals surface area contributed by atoms with Crippen molar-refractivity contribution < 1.29 is 17.6 Å². The van der Waals surface area contributed by atoms with Crippen LogP contribution in [0.2, 0.25) is 0 Å². The van der Waals surface area contributed by atoms with Gasteiger partial charge in [-0.3, -0.25) is 0 Å². The average molecular weight is 244 g/mol. The number of hydrogen-bond donors (Lipinski definition) is 1. The molecule has 17 heavy (non-hydrogen) atoms. The quantitative estimate of drug-likeness (QED) is 0.839. The van der Waals surface area contributed by atoms with Crippen molar-refractivity contribution in [3.8, 4) is 0 Å². The maximum atomic E-state index is 12.7. The number of fused-ring (bicyclic) bond motifs is 1. The summed E-state index contributed by atoms with van der Waals surface area (Å²) in [6.07, 6.45) is -4.61. The molecular formula is C11H11F3N2O. The number of nitrogens with zero attached hydrogens (tertiary/aromatic N) is 1. The zero-order valence-electron chi connectivity index (χ0n) is 9.30. The van der Waals surface area contributed by atoms with Crippen LogP contribution in [0.4, 0.5) is 13.2 Å². The van der Waals surface area contributed by atoms with Gasteiger partial charge in [-0.2, -0.15) is 13.2 Å². The number of halogens is 3. The Bertz CT molecular complexity index is 557. The van der Waals surface area contributed by atoms with Crippen molar-refractivity contribution in [3.63, 3.8) is 0 Å². The third-order valence-electron chi connectivity index (χ3n) is 2.64. The third kappa shape index (κ3) is 1.78. The van der Waals surface area contributed by atoms with E-state index in [2.05, 4.69) is 4.98 Å². The number of benzene rings is 1. The molecule has 0 spiro atoms. The topological polar surface area (TPSA) is 52.0 Å². The van der Waals surface area contributed by atoms with Gasteiger partial charge in [-0.15, -0.1) is 0 Å². The Morgan fingerprint density at radius 1 is 1.29 bits per heavy atom. The first-order valence-electron chi connectivity index (χ1n) is 4.96. The summed E-state index contributed by atoms with van der Waals surface area (Å²) in [5, 5.41) is 0. The number of rotatable bonds is 1. The van der Waals surface area contributed by atoms with Gasteiger partial charge in [-0.05, 0) is 25.5 Å². The molecule has 92 valence electrons. The lowest BCUT2D eigenvalue weighted by molar-refractivity contribution is -0.189. The van der Waals surface area contributed by atoms with E-state index < -0.39 is 17.6 Å². The second kappa shape index (κ2) is 3.46. The van der Waals surface area contributed by atoms with Crippen LogP contribution < -0.4 is 5.73 Å². The number of hydrogen-bond acceptors (Lipinski definition) is 3. The van der Waals surface area contributed by atoms with Gasteiger partial charge in [0.25, 0.3) is 0 Å². The maximum Gasteiger partial charge on any atom is 0.415 e. The Labute approximate surface area is 95.4 Å². The molecule has 0 aliphatic carbocycles. The van der Waals surface area contributed by atoms with Crippen molar-refractivity contribution in [2.75, 3.05) is 0 Å². The van der Waals surface area contributed by atoms with E-state index in [1.54, 1.807) is 25.1 Å². The summed E-state index contributed by atoms with van der Waals surface area (Å²) in [6, 6.07) is 5.02. The molecule has 1 heterocycles. The van der Waals surface area contributed by atoms with E-state index in [1.165, 1.54) is 0 Å². The minimum absolute atomic E-state index is 0.337. The number of alkyl halides is 3. The van der Waals surface area contributed by atoms with Crippen LogP contribution in [0.15, 0.2) is 22.6 Å². The van der Waals surface area contributed by atoms with Crippen LogP contribution in [0.5, 0.6) is 0 Å². The molecule has 0 saturated heterocycles. The van der Waals surface area contributed by atoms with E-state index in [0.717, 1.165) is 12.5 Å². The summed E-state index contributed by atoms with van der Waals surface area (Å²) in [4.78, 5) is 3.80. The monoisotopic (exact) mass is 244 g/mol. The smallest absolute Gasteiger partial charge is 0.415 e. The molecule has 0 fully saturated rings. The molecule has 1 aromatic heterocycles. The molecule has 1 atom stereocenters. The zero-order chi connectivity index (χ0) is 12.8. The Balaban J connectivity index is 2.62. The molecule has 2 rings (SSSR count). The Kier molecular flexibility index (Phi) is 2.43. The molecule has 1 aromatic carbocycles. The number of aryl methyl sites for hydroxylation is 1. The standard InChI is InChI=1S/C11H11F3N2O/c1-6-4-3-5-7-8(6)17-9(16-7)10(2,15)11(12,13)14/h3-5H,15H2,1-2H3. The van der Waals surface area contributed by atoms with Crippen molar-refractivity contribution in [1.29, 1.82) is 0 Å². The molecule has 0 bridgehead atoms.